The molecule has 3 aromatic rings. The first-order chi connectivity index (χ1) is 15.4. The van der Waals surface area contributed by atoms with Gasteiger partial charge in [0.25, 0.3) is 17.7 Å². The highest BCUT2D eigenvalue weighted by Crippen LogP contribution is 2.63. The van der Waals surface area contributed by atoms with Crippen LogP contribution in [0.2, 0.25) is 0 Å². The number of hydrogen-bond donors (Lipinski definition) is 1. The molecule has 3 amide bonds. The first-order valence-corrected chi connectivity index (χ1v) is 10.9. The van der Waals surface area contributed by atoms with Gasteiger partial charge >= 0.3 is 0 Å². The topological polar surface area (TPSA) is 66.5 Å². The van der Waals surface area contributed by atoms with Crippen LogP contribution in [0.25, 0.3) is 0 Å². The summed E-state index contributed by atoms with van der Waals surface area (Å²) in [7, 11) is 0. The summed E-state index contributed by atoms with van der Waals surface area (Å²) in [6, 6.07) is 23.3. The predicted octanol–water partition coefficient (Wildman–Crippen LogP) is 3.71. The van der Waals surface area contributed by atoms with Gasteiger partial charge in [0.05, 0.1) is 11.8 Å². The first kappa shape index (κ1) is 19.0. The number of hydrogen-bond acceptors (Lipinski definition) is 3. The smallest absolute Gasteiger partial charge is 0.270 e. The Bertz CT molecular complexity index is 1260. The summed E-state index contributed by atoms with van der Waals surface area (Å²) in [6.07, 6.45) is 0. The Hall–Kier alpha value is -3.73. The van der Waals surface area contributed by atoms with Gasteiger partial charge in [0, 0.05) is 16.9 Å². The van der Waals surface area contributed by atoms with E-state index < -0.39 is 23.2 Å². The summed E-state index contributed by atoms with van der Waals surface area (Å²) >= 11 is 0. The molecule has 0 aromatic heterocycles. The number of imide groups is 1. The predicted molar refractivity (Wildman–Crippen MR) is 119 cm³/mol. The van der Waals surface area contributed by atoms with Crippen molar-refractivity contribution >= 4 is 17.7 Å². The average molecular weight is 422 g/mol. The molecule has 0 saturated carbocycles. The number of rotatable bonds is 2. The third-order valence-electron chi connectivity index (χ3n) is 7.57. The van der Waals surface area contributed by atoms with Gasteiger partial charge in [-0.05, 0) is 41.3 Å². The zero-order valence-electron chi connectivity index (χ0n) is 17.8. The van der Waals surface area contributed by atoms with E-state index in [1.165, 1.54) is 0 Å². The van der Waals surface area contributed by atoms with E-state index in [4.69, 9.17) is 0 Å². The maximum atomic E-state index is 13.7. The van der Waals surface area contributed by atoms with E-state index in [2.05, 4.69) is 36.6 Å². The SMILES string of the molecule is Cc1ccc(C(=O)NN2C(=O)[C@@H]3C4c5ccccc5C(C)(c5ccccc54)[C@@H]3C2=O)cc1. The van der Waals surface area contributed by atoms with Gasteiger partial charge in [0.1, 0.15) is 0 Å². The van der Waals surface area contributed by atoms with Crippen LogP contribution >= 0.6 is 0 Å². The Morgan fingerprint density at radius 1 is 0.844 bits per heavy atom. The summed E-state index contributed by atoms with van der Waals surface area (Å²) in [4.78, 5) is 40.1. The zero-order chi connectivity index (χ0) is 22.2. The number of hydrazine groups is 1. The Morgan fingerprint density at radius 2 is 1.41 bits per heavy atom. The second-order valence-corrected chi connectivity index (χ2v) is 9.18. The Labute approximate surface area is 186 Å². The van der Waals surface area contributed by atoms with E-state index in [9.17, 15) is 14.4 Å². The number of carbonyl (C=O) groups excluding carboxylic acids is 3. The fourth-order valence-electron chi connectivity index (χ4n) is 6.13. The number of amides is 3. The number of nitrogens with one attached hydrogen (secondary N) is 1. The van der Waals surface area contributed by atoms with Crippen molar-refractivity contribution in [2.24, 2.45) is 11.8 Å². The van der Waals surface area contributed by atoms with Gasteiger partial charge in [-0.15, -0.1) is 0 Å². The van der Waals surface area contributed by atoms with E-state index in [-0.39, 0.29) is 17.7 Å². The van der Waals surface area contributed by atoms with E-state index in [0.717, 1.165) is 32.8 Å². The van der Waals surface area contributed by atoms with Gasteiger partial charge in [0.2, 0.25) is 0 Å². The second kappa shape index (κ2) is 6.39. The fraction of sp³-hybridized carbons (Fsp3) is 0.222. The molecule has 1 fully saturated rings. The number of carbonyl (C=O) groups is 3. The lowest BCUT2D eigenvalue weighted by molar-refractivity contribution is -0.143. The molecule has 1 saturated heterocycles. The molecule has 7 rings (SSSR count). The molecule has 5 nitrogen and oxygen atoms in total. The lowest BCUT2D eigenvalue weighted by Gasteiger charge is -2.52. The minimum Gasteiger partial charge on any atom is -0.272 e. The van der Waals surface area contributed by atoms with Crippen LogP contribution in [-0.4, -0.2) is 22.7 Å². The molecule has 32 heavy (non-hydrogen) atoms. The normalized spacial score (nSPS) is 27.1. The molecule has 4 aliphatic rings. The minimum atomic E-state index is -0.636. The molecule has 0 radical (unpaired) electrons. The molecule has 0 unspecified atom stereocenters. The van der Waals surface area contributed by atoms with Crippen molar-refractivity contribution in [1.29, 1.82) is 0 Å². The van der Waals surface area contributed by atoms with Gasteiger partial charge in [-0.2, -0.15) is 5.01 Å². The van der Waals surface area contributed by atoms with E-state index in [1.54, 1.807) is 12.1 Å². The number of aryl methyl sites for hydroxylation is 1. The molecule has 1 heterocycles. The van der Waals surface area contributed by atoms with Crippen LogP contribution in [-0.2, 0) is 15.0 Å². The molecular weight excluding hydrogens is 400 g/mol. The molecule has 3 aliphatic carbocycles. The van der Waals surface area contributed by atoms with Crippen LogP contribution < -0.4 is 5.43 Å². The Kier molecular flexibility index (Phi) is 3.79. The summed E-state index contributed by atoms with van der Waals surface area (Å²) in [5, 5.41) is 0.973. The highest BCUT2D eigenvalue weighted by atomic mass is 16.2. The van der Waals surface area contributed by atoms with Gasteiger partial charge < -0.3 is 0 Å². The molecular formula is C27H22N2O3. The van der Waals surface area contributed by atoms with Crippen LogP contribution in [0, 0.1) is 18.8 Å². The first-order valence-electron chi connectivity index (χ1n) is 10.9. The fourth-order valence-corrected chi connectivity index (χ4v) is 6.13. The van der Waals surface area contributed by atoms with E-state index in [1.807, 2.05) is 43.3 Å². The van der Waals surface area contributed by atoms with E-state index >= 15 is 0 Å². The monoisotopic (exact) mass is 422 g/mol. The molecule has 3 aromatic carbocycles. The number of benzene rings is 3. The van der Waals surface area contributed by atoms with Gasteiger partial charge in [-0.1, -0.05) is 73.2 Å². The quantitative estimate of drug-likeness (QED) is 0.641. The van der Waals surface area contributed by atoms with Crippen molar-refractivity contribution in [1.82, 2.24) is 10.4 Å². The van der Waals surface area contributed by atoms with Crippen LogP contribution in [0.1, 0.15) is 51.0 Å². The Balaban J connectivity index is 1.45. The van der Waals surface area contributed by atoms with E-state index in [0.29, 0.717) is 5.56 Å². The summed E-state index contributed by atoms with van der Waals surface area (Å²) in [5.74, 6) is -2.42. The average Bonchev–Trinajstić information content (AvgIpc) is 3.06. The molecule has 1 N–H and O–H groups in total. The highest BCUT2D eigenvalue weighted by molar-refractivity contribution is 6.10. The zero-order valence-corrected chi connectivity index (χ0v) is 17.8. The minimum absolute atomic E-state index is 0.202. The van der Waals surface area contributed by atoms with Crippen LogP contribution in [0.3, 0.4) is 0 Å². The molecule has 0 spiro atoms. The van der Waals surface area contributed by atoms with Gasteiger partial charge in [0.15, 0.2) is 0 Å². The summed E-state index contributed by atoms with van der Waals surface area (Å²) in [5.41, 5.74) is 7.80. The van der Waals surface area contributed by atoms with Crippen molar-refractivity contribution in [3.8, 4) is 0 Å². The van der Waals surface area contributed by atoms with Crippen molar-refractivity contribution in [3.05, 3.63) is 106 Å². The molecule has 1 aliphatic heterocycles. The van der Waals surface area contributed by atoms with Crippen molar-refractivity contribution in [3.63, 3.8) is 0 Å². The lowest BCUT2D eigenvalue weighted by Crippen LogP contribution is -2.52. The van der Waals surface area contributed by atoms with Crippen molar-refractivity contribution in [2.45, 2.75) is 25.2 Å². The Morgan fingerprint density at radius 3 is 2.00 bits per heavy atom. The van der Waals surface area contributed by atoms with Crippen molar-refractivity contribution in [2.75, 3.05) is 0 Å². The largest absolute Gasteiger partial charge is 0.272 e. The molecule has 2 bridgehead atoms. The molecule has 2 atom stereocenters. The maximum Gasteiger partial charge on any atom is 0.270 e. The van der Waals surface area contributed by atoms with Gasteiger partial charge in [-0.3, -0.25) is 19.8 Å². The van der Waals surface area contributed by atoms with Crippen LogP contribution in [0.4, 0.5) is 0 Å². The van der Waals surface area contributed by atoms with Crippen molar-refractivity contribution < 1.29 is 14.4 Å². The molecule has 158 valence electrons. The lowest BCUT2D eigenvalue weighted by atomic mass is 9.48. The highest BCUT2D eigenvalue weighted by Gasteiger charge is 2.66. The third kappa shape index (κ3) is 2.25. The maximum absolute atomic E-state index is 13.7. The van der Waals surface area contributed by atoms with Gasteiger partial charge in [-0.25, -0.2) is 0 Å². The summed E-state index contributed by atoms with van der Waals surface area (Å²) in [6.45, 7) is 4.00. The van der Waals surface area contributed by atoms with Crippen LogP contribution in [0.5, 0.6) is 0 Å². The number of nitrogens with zero attached hydrogens (tertiary/aromatic N) is 1. The standard InChI is InChI=1S/C27H22N2O3/c1-15-11-13-16(14-12-15)24(30)28-29-25(31)22-21-17-7-3-5-9-19(17)27(2,23(22)26(29)32)20-10-6-4-8-18(20)21/h3-14,21-23H,1-2H3,(H,28,30)/t21?,22-,23+,27?/m1/s1. The summed E-state index contributed by atoms with van der Waals surface area (Å²) < 4.78 is 0. The molecule has 5 heteroatoms. The third-order valence-corrected chi connectivity index (χ3v) is 7.57. The van der Waals surface area contributed by atoms with Crippen LogP contribution in [0.15, 0.2) is 72.8 Å². The second-order valence-electron chi connectivity index (χ2n) is 9.18.